The Morgan fingerprint density at radius 2 is 1.72 bits per heavy atom. The fourth-order valence-electron chi connectivity index (χ4n) is 3.22. The normalized spacial score (nSPS) is 11.1. The van der Waals surface area contributed by atoms with Crippen molar-refractivity contribution < 1.29 is 22.4 Å². The van der Waals surface area contributed by atoms with Crippen molar-refractivity contribution in [1.29, 1.82) is 0 Å². The number of para-hydroxylation sites is 2. The van der Waals surface area contributed by atoms with Crippen molar-refractivity contribution in [2.24, 2.45) is 0 Å². The highest BCUT2D eigenvalue weighted by molar-refractivity contribution is 7.92. The highest BCUT2D eigenvalue weighted by Crippen LogP contribution is 2.24. The van der Waals surface area contributed by atoms with Crippen LogP contribution in [0.3, 0.4) is 0 Å². The predicted octanol–water partition coefficient (Wildman–Crippen LogP) is 3.18. The number of carbonyl (C=O) groups is 2. The molecule has 8 nitrogen and oxygen atoms in total. The van der Waals surface area contributed by atoms with Gasteiger partial charge in [-0.3, -0.25) is 13.9 Å². The van der Waals surface area contributed by atoms with Crippen LogP contribution >= 0.6 is 0 Å². The molecule has 0 atom stereocenters. The number of rotatable bonds is 9. The van der Waals surface area contributed by atoms with Crippen molar-refractivity contribution >= 4 is 33.2 Å². The molecule has 9 heteroatoms. The molecule has 0 bridgehead atoms. The minimum Gasteiger partial charge on any atom is -0.467 e. The molecule has 0 aliphatic rings. The molecular weight excluding hydrogens is 430 g/mol. The van der Waals surface area contributed by atoms with Crippen molar-refractivity contribution in [3.8, 4) is 0 Å². The molecule has 0 saturated heterocycles. The molecule has 32 heavy (non-hydrogen) atoms. The maximum Gasteiger partial charge on any atom is 0.253 e. The van der Waals surface area contributed by atoms with Crippen LogP contribution in [0.5, 0.6) is 0 Å². The number of anilines is 2. The van der Waals surface area contributed by atoms with Crippen molar-refractivity contribution in [1.82, 2.24) is 5.32 Å². The Morgan fingerprint density at radius 1 is 1.00 bits per heavy atom. The number of amides is 2. The Kier molecular flexibility index (Phi) is 7.32. The Balaban J connectivity index is 1.77. The average Bonchev–Trinajstić information content (AvgIpc) is 3.29. The van der Waals surface area contributed by atoms with E-state index in [9.17, 15) is 18.0 Å². The molecule has 168 valence electrons. The molecule has 0 radical (unpaired) electrons. The molecule has 0 saturated carbocycles. The third-order valence-electron chi connectivity index (χ3n) is 4.78. The molecule has 0 fully saturated rings. The number of aryl methyl sites for hydroxylation is 1. The molecule has 0 unspecified atom stereocenters. The average molecular weight is 456 g/mol. The smallest absolute Gasteiger partial charge is 0.253 e. The first-order chi connectivity index (χ1) is 15.3. The Morgan fingerprint density at radius 3 is 2.41 bits per heavy atom. The summed E-state index contributed by atoms with van der Waals surface area (Å²) in [6, 6.07) is 17.0. The van der Waals surface area contributed by atoms with Crippen LogP contribution in [0, 0.1) is 0 Å². The van der Waals surface area contributed by atoms with E-state index in [-0.39, 0.29) is 17.8 Å². The summed E-state index contributed by atoms with van der Waals surface area (Å²) < 4.78 is 31.1. The van der Waals surface area contributed by atoms with Crippen LogP contribution in [0.15, 0.2) is 71.3 Å². The van der Waals surface area contributed by atoms with E-state index < -0.39 is 28.4 Å². The van der Waals surface area contributed by atoms with Crippen LogP contribution in [-0.2, 0) is 27.8 Å². The molecule has 0 aliphatic carbocycles. The number of hydrogen-bond donors (Lipinski definition) is 2. The van der Waals surface area contributed by atoms with Crippen LogP contribution in [0.4, 0.5) is 11.4 Å². The SMILES string of the molecule is CCc1ccccc1N(CC(=O)Nc1ccccc1C(=O)NCc1ccco1)S(C)(=O)=O. The number of hydrogen-bond acceptors (Lipinski definition) is 5. The number of carbonyl (C=O) groups excluding carboxylic acids is 2. The number of sulfonamides is 1. The molecule has 3 aromatic rings. The predicted molar refractivity (Wildman–Crippen MR) is 123 cm³/mol. The summed E-state index contributed by atoms with van der Waals surface area (Å²) in [5.41, 5.74) is 1.81. The van der Waals surface area contributed by atoms with Gasteiger partial charge in [-0.15, -0.1) is 0 Å². The second kappa shape index (κ2) is 10.1. The van der Waals surface area contributed by atoms with Gasteiger partial charge in [0, 0.05) is 0 Å². The van der Waals surface area contributed by atoms with Crippen LogP contribution < -0.4 is 14.9 Å². The Hall–Kier alpha value is -3.59. The summed E-state index contributed by atoms with van der Waals surface area (Å²) >= 11 is 0. The minimum absolute atomic E-state index is 0.198. The highest BCUT2D eigenvalue weighted by atomic mass is 32.2. The van der Waals surface area contributed by atoms with E-state index in [1.54, 1.807) is 48.5 Å². The zero-order valence-electron chi connectivity index (χ0n) is 17.9. The van der Waals surface area contributed by atoms with Gasteiger partial charge in [-0.1, -0.05) is 37.3 Å². The molecule has 3 rings (SSSR count). The Labute approximate surface area is 187 Å². The lowest BCUT2D eigenvalue weighted by Crippen LogP contribution is -2.38. The van der Waals surface area contributed by atoms with Crippen molar-refractivity contribution in [3.05, 3.63) is 83.8 Å². The first-order valence-electron chi connectivity index (χ1n) is 10.0. The van der Waals surface area contributed by atoms with Gasteiger partial charge >= 0.3 is 0 Å². The van der Waals surface area contributed by atoms with Crippen molar-refractivity contribution in [2.75, 3.05) is 22.4 Å². The van der Waals surface area contributed by atoms with Gasteiger partial charge in [-0.2, -0.15) is 0 Å². The van der Waals surface area contributed by atoms with E-state index in [1.165, 1.54) is 6.26 Å². The molecule has 1 aromatic heterocycles. The van der Waals surface area contributed by atoms with Gasteiger partial charge in [0.15, 0.2) is 0 Å². The Bertz CT molecular complexity index is 1190. The maximum absolute atomic E-state index is 12.8. The summed E-state index contributed by atoms with van der Waals surface area (Å²) in [7, 11) is -3.72. The second-order valence-electron chi connectivity index (χ2n) is 7.11. The number of nitrogens with one attached hydrogen (secondary N) is 2. The minimum atomic E-state index is -3.72. The van der Waals surface area contributed by atoms with Crippen LogP contribution in [0.25, 0.3) is 0 Å². The van der Waals surface area contributed by atoms with Gasteiger partial charge in [-0.05, 0) is 42.3 Å². The molecular formula is C23H25N3O5S. The lowest BCUT2D eigenvalue weighted by Gasteiger charge is -2.24. The molecule has 2 aromatic carbocycles. The standard InChI is InChI=1S/C23H25N3O5S/c1-3-17-9-4-7-13-21(17)26(32(2,29)30)16-22(27)25-20-12-6-5-11-19(20)23(28)24-15-18-10-8-14-31-18/h4-14H,3,15-16H2,1-2H3,(H,24,28)(H,25,27). The third-order valence-corrected chi connectivity index (χ3v) is 5.90. The summed E-state index contributed by atoms with van der Waals surface area (Å²) in [6.07, 6.45) is 3.19. The van der Waals surface area contributed by atoms with Crippen LogP contribution in [-0.4, -0.2) is 33.0 Å². The van der Waals surface area contributed by atoms with Gasteiger partial charge in [-0.25, -0.2) is 8.42 Å². The molecule has 0 spiro atoms. The van der Waals surface area contributed by atoms with Crippen LogP contribution in [0.1, 0.15) is 28.6 Å². The zero-order valence-corrected chi connectivity index (χ0v) is 18.7. The topological polar surface area (TPSA) is 109 Å². The second-order valence-corrected chi connectivity index (χ2v) is 9.01. The quantitative estimate of drug-likeness (QED) is 0.515. The zero-order chi connectivity index (χ0) is 23.1. The van der Waals surface area contributed by atoms with E-state index in [0.29, 0.717) is 17.9 Å². The summed E-state index contributed by atoms with van der Waals surface area (Å²) in [5.74, 6) is -0.362. The number of benzene rings is 2. The molecule has 0 aliphatic heterocycles. The third kappa shape index (κ3) is 5.76. The lowest BCUT2D eigenvalue weighted by atomic mass is 10.1. The van der Waals surface area contributed by atoms with Crippen LogP contribution in [0.2, 0.25) is 0 Å². The van der Waals surface area contributed by atoms with Crippen molar-refractivity contribution in [2.45, 2.75) is 19.9 Å². The molecule has 2 amide bonds. The number of furan rings is 1. The van der Waals surface area contributed by atoms with Gasteiger partial charge in [0.1, 0.15) is 12.3 Å². The van der Waals surface area contributed by atoms with Crippen molar-refractivity contribution in [3.63, 3.8) is 0 Å². The molecule has 1 heterocycles. The highest BCUT2D eigenvalue weighted by Gasteiger charge is 2.23. The van der Waals surface area contributed by atoms with E-state index in [0.717, 1.165) is 16.1 Å². The van der Waals surface area contributed by atoms with E-state index in [2.05, 4.69) is 10.6 Å². The first-order valence-corrected chi connectivity index (χ1v) is 11.9. The monoisotopic (exact) mass is 455 g/mol. The maximum atomic E-state index is 12.8. The van der Waals surface area contributed by atoms with E-state index >= 15 is 0 Å². The van der Waals surface area contributed by atoms with Gasteiger partial charge < -0.3 is 15.1 Å². The fraction of sp³-hybridized carbons (Fsp3) is 0.217. The van der Waals surface area contributed by atoms with Gasteiger partial charge in [0.2, 0.25) is 15.9 Å². The number of nitrogens with zero attached hydrogens (tertiary/aromatic N) is 1. The largest absolute Gasteiger partial charge is 0.467 e. The van der Waals surface area contributed by atoms with Gasteiger partial charge in [0.05, 0.1) is 36.0 Å². The van der Waals surface area contributed by atoms with Gasteiger partial charge in [0.25, 0.3) is 5.91 Å². The first kappa shape index (κ1) is 23.1. The molecule has 2 N–H and O–H groups in total. The van der Waals surface area contributed by atoms with E-state index in [4.69, 9.17) is 4.42 Å². The van der Waals surface area contributed by atoms with E-state index in [1.807, 2.05) is 19.1 Å². The summed E-state index contributed by atoms with van der Waals surface area (Å²) in [4.78, 5) is 25.4. The lowest BCUT2D eigenvalue weighted by molar-refractivity contribution is -0.114. The summed E-state index contributed by atoms with van der Waals surface area (Å²) in [5, 5.41) is 5.40. The summed E-state index contributed by atoms with van der Waals surface area (Å²) in [6.45, 7) is 1.69. The fourth-order valence-corrected chi connectivity index (χ4v) is 4.11.